The zero-order chi connectivity index (χ0) is 10.8. The molecule has 0 aromatic carbocycles. The molecular formula is C11H19NO2. The van der Waals surface area contributed by atoms with Crippen LogP contribution in [0.4, 0.5) is 0 Å². The van der Waals surface area contributed by atoms with Crippen molar-refractivity contribution in [2.75, 3.05) is 0 Å². The summed E-state index contributed by atoms with van der Waals surface area (Å²) in [5.74, 6) is 0.179. The Bertz CT molecular complexity index is 251. The van der Waals surface area contributed by atoms with Crippen LogP contribution in [0.3, 0.4) is 0 Å². The van der Waals surface area contributed by atoms with Crippen molar-refractivity contribution < 1.29 is 9.90 Å². The Balaban J connectivity index is 2.58. The maximum absolute atomic E-state index is 11.0. The number of rotatable bonds is 4. The molecule has 1 aliphatic rings. The summed E-state index contributed by atoms with van der Waals surface area (Å²) in [6.45, 7) is 5.59. The summed E-state index contributed by atoms with van der Waals surface area (Å²) >= 11 is 0. The highest BCUT2D eigenvalue weighted by molar-refractivity contribution is 5.92. The van der Waals surface area contributed by atoms with E-state index < -0.39 is 5.60 Å². The summed E-state index contributed by atoms with van der Waals surface area (Å²) in [7, 11) is 0. The van der Waals surface area contributed by atoms with Gasteiger partial charge in [-0.25, -0.2) is 0 Å². The van der Waals surface area contributed by atoms with Crippen molar-refractivity contribution in [3.63, 3.8) is 0 Å². The average molecular weight is 197 g/mol. The molecule has 0 aromatic heterocycles. The van der Waals surface area contributed by atoms with E-state index in [0.29, 0.717) is 6.42 Å². The second-order valence-corrected chi connectivity index (χ2v) is 4.39. The zero-order valence-corrected chi connectivity index (χ0v) is 9.13. The van der Waals surface area contributed by atoms with Gasteiger partial charge in [-0.15, -0.1) is 0 Å². The van der Waals surface area contributed by atoms with Crippen molar-refractivity contribution in [1.82, 2.24) is 5.32 Å². The first-order valence-electron chi connectivity index (χ1n) is 5.15. The normalized spacial score (nSPS) is 19.4. The number of ketones is 1. The van der Waals surface area contributed by atoms with Crippen LogP contribution in [0.2, 0.25) is 0 Å². The molecule has 14 heavy (non-hydrogen) atoms. The van der Waals surface area contributed by atoms with Crippen LogP contribution in [0.15, 0.2) is 11.8 Å². The molecule has 0 fully saturated rings. The van der Waals surface area contributed by atoms with Crippen LogP contribution < -0.4 is 5.32 Å². The van der Waals surface area contributed by atoms with Crippen molar-refractivity contribution in [2.24, 2.45) is 0 Å². The summed E-state index contributed by atoms with van der Waals surface area (Å²) in [5, 5.41) is 13.1. The number of allylic oxidation sites excluding steroid dienone is 2. The van der Waals surface area contributed by atoms with Crippen LogP contribution in [-0.2, 0) is 4.79 Å². The van der Waals surface area contributed by atoms with Crippen LogP contribution >= 0.6 is 0 Å². The van der Waals surface area contributed by atoms with E-state index in [-0.39, 0.29) is 11.8 Å². The molecule has 1 aliphatic carbocycles. The van der Waals surface area contributed by atoms with Gasteiger partial charge in [0.1, 0.15) is 0 Å². The van der Waals surface area contributed by atoms with Gasteiger partial charge in [-0.1, -0.05) is 6.92 Å². The van der Waals surface area contributed by atoms with E-state index in [9.17, 15) is 9.90 Å². The van der Waals surface area contributed by atoms with Crippen LogP contribution in [0.5, 0.6) is 0 Å². The molecule has 3 heteroatoms. The standard InChI is InChI=1S/C11H19NO2/c1-4-10(11(2,3)14)12-8-5-6-9(13)7-8/h7,10,12,14H,4-6H2,1-3H3. The lowest BCUT2D eigenvalue weighted by atomic mass is 9.96. The third-order valence-corrected chi connectivity index (χ3v) is 2.60. The molecule has 0 spiro atoms. The van der Waals surface area contributed by atoms with Gasteiger partial charge < -0.3 is 10.4 Å². The zero-order valence-electron chi connectivity index (χ0n) is 9.13. The van der Waals surface area contributed by atoms with Gasteiger partial charge in [0.2, 0.25) is 0 Å². The molecule has 0 saturated heterocycles. The fraction of sp³-hybridized carbons (Fsp3) is 0.727. The summed E-state index contributed by atoms with van der Waals surface area (Å²) in [6.07, 6.45) is 3.87. The molecule has 1 atom stereocenters. The fourth-order valence-corrected chi connectivity index (χ4v) is 1.71. The molecule has 3 nitrogen and oxygen atoms in total. The average Bonchev–Trinajstić information content (AvgIpc) is 2.45. The molecule has 80 valence electrons. The minimum absolute atomic E-state index is 0.0136. The fourth-order valence-electron chi connectivity index (χ4n) is 1.71. The molecule has 0 aromatic rings. The van der Waals surface area contributed by atoms with Crippen LogP contribution in [0, 0.1) is 0 Å². The SMILES string of the molecule is CCC(NC1=CC(=O)CC1)C(C)(C)O. The first kappa shape index (κ1) is 11.2. The van der Waals surface area contributed by atoms with Gasteiger partial charge in [0.15, 0.2) is 5.78 Å². The Morgan fingerprint density at radius 2 is 2.21 bits per heavy atom. The topological polar surface area (TPSA) is 49.3 Å². The number of hydrogen-bond donors (Lipinski definition) is 2. The third-order valence-electron chi connectivity index (χ3n) is 2.60. The van der Waals surface area contributed by atoms with Crippen molar-refractivity contribution in [3.05, 3.63) is 11.8 Å². The second-order valence-electron chi connectivity index (χ2n) is 4.39. The quantitative estimate of drug-likeness (QED) is 0.715. The van der Waals surface area contributed by atoms with Gasteiger partial charge in [-0.2, -0.15) is 0 Å². The second kappa shape index (κ2) is 4.13. The molecule has 0 radical (unpaired) electrons. The van der Waals surface area contributed by atoms with Crippen molar-refractivity contribution in [3.8, 4) is 0 Å². The lowest BCUT2D eigenvalue weighted by Crippen LogP contribution is -2.45. The van der Waals surface area contributed by atoms with Crippen LogP contribution in [0.1, 0.15) is 40.0 Å². The van der Waals surface area contributed by atoms with E-state index in [2.05, 4.69) is 5.32 Å². The molecule has 0 amide bonds. The Hall–Kier alpha value is -0.830. The number of hydrogen-bond acceptors (Lipinski definition) is 3. The Morgan fingerprint density at radius 1 is 1.57 bits per heavy atom. The minimum Gasteiger partial charge on any atom is -0.388 e. The van der Waals surface area contributed by atoms with Gasteiger partial charge in [-0.3, -0.25) is 4.79 Å². The monoisotopic (exact) mass is 197 g/mol. The first-order chi connectivity index (χ1) is 6.43. The van der Waals surface area contributed by atoms with E-state index >= 15 is 0 Å². The van der Waals surface area contributed by atoms with Crippen LogP contribution in [0.25, 0.3) is 0 Å². The Kier molecular flexibility index (Phi) is 3.32. The van der Waals surface area contributed by atoms with Gasteiger partial charge >= 0.3 is 0 Å². The lowest BCUT2D eigenvalue weighted by molar-refractivity contribution is -0.114. The molecule has 2 N–H and O–H groups in total. The van der Waals surface area contributed by atoms with Crippen LogP contribution in [-0.4, -0.2) is 22.5 Å². The molecule has 0 aliphatic heterocycles. The van der Waals surface area contributed by atoms with E-state index in [4.69, 9.17) is 0 Å². The molecule has 0 bridgehead atoms. The van der Waals surface area contributed by atoms with Gasteiger partial charge in [0.05, 0.1) is 11.6 Å². The predicted octanol–water partition coefficient (Wildman–Crippen LogP) is 1.37. The number of nitrogens with one attached hydrogen (secondary N) is 1. The molecule has 1 rings (SSSR count). The maximum atomic E-state index is 11.0. The highest BCUT2D eigenvalue weighted by Gasteiger charge is 2.26. The van der Waals surface area contributed by atoms with Gasteiger partial charge in [0.25, 0.3) is 0 Å². The Labute approximate surface area is 85.2 Å². The molecule has 0 saturated carbocycles. The lowest BCUT2D eigenvalue weighted by Gasteiger charge is -2.30. The predicted molar refractivity (Wildman–Crippen MR) is 55.8 cm³/mol. The van der Waals surface area contributed by atoms with E-state index in [1.165, 1.54) is 0 Å². The van der Waals surface area contributed by atoms with E-state index in [1.54, 1.807) is 19.9 Å². The Morgan fingerprint density at radius 3 is 2.57 bits per heavy atom. The van der Waals surface area contributed by atoms with E-state index in [0.717, 1.165) is 18.5 Å². The van der Waals surface area contributed by atoms with Gasteiger partial charge in [0, 0.05) is 18.2 Å². The molecule has 1 unspecified atom stereocenters. The number of carbonyl (C=O) groups excluding carboxylic acids is 1. The van der Waals surface area contributed by atoms with Gasteiger partial charge in [-0.05, 0) is 26.7 Å². The highest BCUT2D eigenvalue weighted by atomic mass is 16.3. The maximum Gasteiger partial charge on any atom is 0.157 e. The van der Waals surface area contributed by atoms with Crippen molar-refractivity contribution >= 4 is 5.78 Å². The summed E-state index contributed by atoms with van der Waals surface area (Å²) in [5.41, 5.74) is 0.213. The highest BCUT2D eigenvalue weighted by Crippen LogP contribution is 2.18. The summed E-state index contributed by atoms with van der Waals surface area (Å²) in [6, 6.07) is 0.0136. The number of aliphatic hydroxyl groups is 1. The number of carbonyl (C=O) groups is 1. The largest absolute Gasteiger partial charge is 0.388 e. The third kappa shape index (κ3) is 2.84. The van der Waals surface area contributed by atoms with Crippen molar-refractivity contribution in [2.45, 2.75) is 51.7 Å². The minimum atomic E-state index is -0.749. The first-order valence-corrected chi connectivity index (χ1v) is 5.15. The smallest absolute Gasteiger partial charge is 0.157 e. The molecule has 0 heterocycles. The molecular weight excluding hydrogens is 178 g/mol. The summed E-state index contributed by atoms with van der Waals surface area (Å²) < 4.78 is 0. The summed E-state index contributed by atoms with van der Waals surface area (Å²) in [4.78, 5) is 11.0. The van der Waals surface area contributed by atoms with E-state index in [1.807, 2.05) is 6.92 Å². The van der Waals surface area contributed by atoms with Crippen molar-refractivity contribution in [1.29, 1.82) is 0 Å².